The highest BCUT2D eigenvalue weighted by Crippen LogP contribution is 2.40. The van der Waals surface area contributed by atoms with E-state index in [1.165, 1.54) is 16.0 Å². The summed E-state index contributed by atoms with van der Waals surface area (Å²) in [4.78, 5) is 10.8. The van der Waals surface area contributed by atoms with Crippen LogP contribution in [0.2, 0.25) is 0 Å². The van der Waals surface area contributed by atoms with E-state index < -0.39 is 0 Å². The van der Waals surface area contributed by atoms with Crippen LogP contribution in [-0.2, 0) is 0 Å². The second-order valence-electron chi connectivity index (χ2n) is 4.21. The van der Waals surface area contributed by atoms with Crippen LogP contribution in [0.4, 0.5) is 0 Å². The fourth-order valence-electron chi connectivity index (χ4n) is 2.15. The maximum absolute atomic E-state index is 5.60. The Hall–Kier alpha value is -1.94. The highest BCUT2D eigenvalue weighted by Gasteiger charge is 2.15. The van der Waals surface area contributed by atoms with Crippen molar-refractivity contribution in [2.75, 3.05) is 6.61 Å². The van der Waals surface area contributed by atoms with Gasteiger partial charge in [0, 0.05) is 4.88 Å². The molecule has 19 heavy (non-hydrogen) atoms. The van der Waals surface area contributed by atoms with Crippen LogP contribution in [0, 0.1) is 6.92 Å². The summed E-state index contributed by atoms with van der Waals surface area (Å²) in [7, 11) is 0. The third-order valence-corrected chi connectivity index (χ3v) is 4.26. The number of aromatic nitrogens is 2. The monoisotopic (exact) mass is 270 g/mol. The molecule has 0 saturated heterocycles. The van der Waals surface area contributed by atoms with Gasteiger partial charge < -0.3 is 4.74 Å². The smallest absolute Gasteiger partial charge is 0.225 e. The standard InChI is InChI=1S/C15H14N2OS/c1-3-18-14-12-10(2)13(11-7-5-4-6-8-11)19-15(12)17-9-16-14/h4-9H,3H2,1-2H3. The van der Waals surface area contributed by atoms with Crippen molar-refractivity contribution < 1.29 is 4.74 Å². The molecule has 0 amide bonds. The van der Waals surface area contributed by atoms with Crippen molar-refractivity contribution in [2.24, 2.45) is 0 Å². The molecular weight excluding hydrogens is 256 g/mol. The molecule has 0 radical (unpaired) electrons. The van der Waals surface area contributed by atoms with E-state index in [9.17, 15) is 0 Å². The van der Waals surface area contributed by atoms with Crippen molar-refractivity contribution in [3.63, 3.8) is 0 Å². The SMILES string of the molecule is CCOc1ncnc2sc(-c3ccccc3)c(C)c12. The molecule has 0 N–H and O–H groups in total. The highest BCUT2D eigenvalue weighted by molar-refractivity contribution is 7.22. The molecule has 1 aromatic carbocycles. The normalized spacial score (nSPS) is 10.8. The third-order valence-electron chi connectivity index (χ3n) is 3.01. The largest absolute Gasteiger partial charge is 0.477 e. The molecule has 0 bridgehead atoms. The van der Waals surface area contributed by atoms with Gasteiger partial charge in [-0.25, -0.2) is 9.97 Å². The van der Waals surface area contributed by atoms with E-state index in [1.54, 1.807) is 17.7 Å². The topological polar surface area (TPSA) is 35.0 Å². The number of fused-ring (bicyclic) bond motifs is 1. The zero-order chi connectivity index (χ0) is 13.2. The Morgan fingerprint density at radius 2 is 1.95 bits per heavy atom. The Morgan fingerprint density at radius 1 is 1.16 bits per heavy atom. The van der Waals surface area contributed by atoms with Crippen LogP contribution >= 0.6 is 11.3 Å². The minimum atomic E-state index is 0.613. The van der Waals surface area contributed by atoms with Gasteiger partial charge in [0.25, 0.3) is 0 Å². The molecule has 3 aromatic rings. The van der Waals surface area contributed by atoms with Crippen LogP contribution in [-0.4, -0.2) is 16.6 Å². The number of nitrogens with zero attached hydrogens (tertiary/aromatic N) is 2. The van der Waals surface area contributed by atoms with E-state index in [0.29, 0.717) is 12.5 Å². The molecule has 96 valence electrons. The zero-order valence-electron chi connectivity index (χ0n) is 10.9. The molecule has 4 heteroatoms. The number of hydrogen-bond donors (Lipinski definition) is 0. The van der Waals surface area contributed by atoms with E-state index in [2.05, 4.69) is 29.0 Å². The fourth-order valence-corrected chi connectivity index (χ4v) is 3.30. The van der Waals surface area contributed by atoms with Crippen molar-refractivity contribution in [3.8, 4) is 16.3 Å². The average Bonchev–Trinajstić information content (AvgIpc) is 2.79. The number of benzene rings is 1. The molecule has 0 aliphatic heterocycles. The van der Waals surface area contributed by atoms with Gasteiger partial charge in [-0.15, -0.1) is 11.3 Å². The van der Waals surface area contributed by atoms with Gasteiger partial charge in [0.1, 0.15) is 11.2 Å². The summed E-state index contributed by atoms with van der Waals surface area (Å²) in [6, 6.07) is 10.4. The molecule has 3 rings (SSSR count). The third kappa shape index (κ3) is 2.08. The van der Waals surface area contributed by atoms with Crippen molar-refractivity contribution in [2.45, 2.75) is 13.8 Å². The quantitative estimate of drug-likeness (QED) is 0.719. The first-order valence-corrected chi connectivity index (χ1v) is 7.05. The van der Waals surface area contributed by atoms with E-state index in [4.69, 9.17) is 4.74 Å². The molecule has 0 unspecified atom stereocenters. The van der Waals surface area contributed by atoms with Crippen LogP contribution < -0.4 is 4.74 Å². The lowest BCUT2D eigenvalue weighted by Crippen LogP contribution is -1.95. The number of aryl methyl sites for hydroxylation is 1. The molecule has 0 aliphatic rings. The van der Waals surface area contributed by atoms with Gasteiger partial charge in [-0.3, -0.25) is 0 Å². The van der Waals surface area contributed by atoms with Crippen LogP contribution in [0.5, 0.6) is 5.88 Å². The summed E-state index contributed by atoms with van der Waals surface area (Å²) in [6.45, 7) is 4.68. The van der Waals surface area contributed by atoms with Gasteiger partial charge >= 0.3 is 0 Å². The van der Waals surface area contributed by atoms with Gasteiger partial charge in [0.05, 0.1) is 12.0 Å². The lowest BCUT2D eigenvalue weighted by atomic mass is 10.1. The summed E-state index contributed by atoms with van der Waals surface area (Å²) in [5.74, 6) is 0.684. The van der Waals surface area contributed by atoms with E-state index in [-0.39, 0.29) is 0 Å². The fraction of sp³-hybridized carbons (Fsp3) is 0.200. The second kappa shape index (κ2) is 4.97. The number of hydrogen-bond acceptors (Lipinski definition) is 4. The van der Waals surface area contributed by atoms with E-state index in [1.807, 2.05) is 25.1 Å². The Kier molecular flexibility index (Phi) is 3.17. The van der Waals surface area contributed by atoms with Crippen LogP contribution in [0.15, 0.2) is 36.7 Å². The molecule has 0 spiro atoms. The maximum atomic E-state index is 5.60. The van der Waals surface area contributed by atoms with Crippen molar-refractivity contribution in [1.29, 1.82) is 0 Å². The van der Waals surface area contributed by atoms with Gasteiger partial charge in [-0.1, -0.05) is 30.3 Å². The first-order chi connectivity index (χ1) is 9.31. The van der Waals surface area contributed by atoms with Crippen molar-refractivity contribution >= 4 is 21.6 Å². The predicted octanol–water partition coefficient (Wildman–Crippen LogP) is 4.07. The molecular formula is C15H14N2OS. The Labute approximate surface area is 115 Å². The van der Waals surface area contributed by atoms with Crippen molar-refractivity contribution in [3.05, 3.63) is 42.2 Å². The average molecular weight is 270 g/mol. The molecule has 2 aromatic heterocycles. The van der Waals surface area contributed by atoms with E-state index in [0.717, 1.165) is 10.2 Å². The van der Waals surface area contributed by atoms with E-state index >= 15 is 0 Å². The minimum absolute atomic E-state index is 0.613. The molecule has 0 aliphatic carbocycles. The lowest BCUT2D eigenvalue weighted by molar-refractivity contribution is 0.331. The van der Waals surface area contributed by atoms with Crippen LogP contribution in [0.3, 0.4) is 0 Å². The molecule has 2 heterocycles. The van der Waals surface area contributed by atoms with Crippen LogP contribution in [0.25, 0.3) is 20.7 Å². The number of ether oxygens (including phenoxy) is 1. The second-order valence-corrected chi connectivity index (χ2v) is 5.21. The maximum Gasteiger partial charge on any atom is 0.225 e. The molecule has 3 nitrogen and oxygen atoms in total. The number of thiophene rings is 1. The zero-order valence-corrected chi connectivity index (χ0v) is 11.7. The first-order valence-electron chi connectivity index (χ1n) is 6.23. The molecule has 0 atom stereocenters. The summed E-state index contributed by atoms with van der Waals surface area (Å²) in [5.41, 5.74) is 2.40. The Balaban J connectivity index is 2.24. The van der Waals surface area contributed by atoms with Gasteiger partial charge in [-0.2, -0.15) is 0 Å². The molecule has 0 fully saturated rings. The summed E-state index contributed by atoms with van der Waals surface area (Å²) in [5, 5.41) is 1.04. The molecule has 0 saturated carbocycles. The minimum Gasteiger partial charge on any atom is -0.477 e. The van der Waals surface area contributed by atoms with Gasteiger partial charge in [0.2, 0.25) is 5.88 Å². The van der Waals surface area contributed by atoms with Crippen molar-refractivity contribution in [1.82, 2.24) is 9.97 Å². The Bertz CT molecular complexity index is 707. The Morgan fingerprint density at radius 3 is 2.68 bits per heavy atom. The summed E-state index contributed by atoms with van der Waals surface area (Å²) in [6.07, 6.45) is 1.57. The van der Waals surface area contributed by atoms with Gasteiger partial charge in [-0.05, 0) is 25.0 Å². The number of rotatable bonds is 3. The highest BCUT2D eigenvalue weighted by atomic mass is 32.1. The van der Waals surface area contributed by atoms with Crippen LogP contribution in [0.1, 0.15) is 12.5 Å². The summed E-state index contributed by atoms with van der Waals surface area (Å²) < 4.78 is 5.60. The lowest BCUT2D eigenvalue weighted by Gasteiger charge is -2.03. The predicted molar refractivity (Wildman–Crippen MR) is 78.8 cm³/mol. The summed E-state index contributed by atoms with van der Waals surface area (Å²) >= 11 is 1.69. The first kappa shape index (κ1) is 12.1. The van der Waals surface area contributed by atoms with Gasteiger partial charge in [0.15, 0.2) is 0 Å².